The van der Waals surface area contributed by atoms with Crippen LogP contribution in [0.15, 0.2) is 35.6 Å². The van der Waals surface area contributed by atoms with Gasteiger partial charge in [0.05, 0.1) is 13.1 Å². The van der Waals surface area contributed by atoms with Gasteiger partial charge in [-0.15, -0.1) is 10.2 Å². The van der Waals surface area contributed by atoms with Crippen LogP contribution in [0.3, 0.4) is 0 Å². The average molecular weight is 399 g/mol. The fourth-order valence-electron chi connectivity index (χ4n) is 3.22. The van der Waals surface area contributed by atoms with Crippen molar-refractivity contribution in [3.8, 4) is 0 Å². The number of rotatable bonds is 8. The van der Waals surface area contributed by atoms with E-state index in [2.05, 4.69) is 78.7 Å². The number of amides is 1. The van der Waals surface area contributed by atoms with Gasteiger partial charge in [-0.3, -0.25) is 4.79 Å². The number of hydrogen-bond acceptors (Lipinski definition) is 5. The number of nitrogens with zero attached hydrogens (tertiary/aromatic N) is 5. The molecule has 1 aliphatic rings. The fraction of sp³-hybridized carbons (Fsp3) is 0.500. The number of aryl methyl sites for hydroxylation is 1. The quantitative estimate of drug-likeness (QED) is 0.443. The Morgan fingerprint density at radius 2 is 2.07 bits per heavy atom. The van der Waals surface area contributed by atoms with Gasteiger partial charge in [-0.2, -0.15) is 0 Å². The van der Waals surface area contributed by atoms with E-state index in [1.165, 1.54) is 0 Å². The molecule has 3 N–H and O–H groups in total. The van der Waals surface area contributed by atoms with Gasteiger partial charge in [0.25, 0.3) is 0 Å². The summed E-state index contributed by atoms with van der Waals surface area (Å²) in [6.45, 7) is 8.99. The lowest BCUT2D eigenvalue weighted by Gasteiger charge is -2.28. The molecule has 3 rings (SSSR count). The Labute approximate surface area is 171 Å². The van der Waals surface area contributed by atoms with E-state index in [1.54, 1.807) is 6.33 Å². The minimum absolute atomic E-state index is 0.0730. The second-order valence-electron chi connectivity index (χ2n) is 6.85. The smallest absolute Gasteiger partial charge is 0.239 e. The molecule has 1 amide bonds. The zero-order chi connectivity index (χ0) is 20.5. The Morgan fingerprint density at radius 1 is 1.24 bits per heavy atom. The van der Waals surface area contributed by atoms with Crippen molar-refractivity contribution in [3.63, 3.8) is 0 Å². The molecular formula is C20H30N8O. The summed E-state index contributed by atoms with van der Waals surface area (Å²) in [6.07, 6.45) is 2.63. The molecule has 1 aliphatic heterocycles. The summed E-state index contributed by atoms with van der Waals surface area (Å²) in [5, 5.41) is 17.5. The molecule has 0 atom stereocenters. The van der Waals surface area contributed by atoms with Crippen molar-refractivity contribution >= 4 is 17.6 Å². The second-order valence-corrected chi connectivity index (χ2v) is 6.85. The third-order valence-electron chi connectivity index (χ3n) is 4.76. The highest BCUT2D eigenvalue weighted by Crippen LogP contribution is 2.16. The molecule has 156 valence electrons. The Balaban J connectivity index is 1.53. The van der Waals surface area contributed by atoms with E-state index in [1.807, 2.05) is 0 Å². The molecule has 1 saturated heterocycles. The molecule has 2 heterocycles. The van der Waals surface area contributed by atoms with Crippen LogP contribution in [-0.2, 0) is 24.3 Å². The van der Waals surface area contributed by atoms with E-state index in [0.717, 1.165) is 55.6 Å². The number of nitrogens with one attached hydrogen (secondary N) is 3. The molecule has 1 fully saturated rings. The van der Waals surface area contributed by atoms with Crippen molar-refractivity contribution in [2.24, 2.45) is 4.99 Å². The van der Waals surface area contributed by atoms with Crippen LogP contribution in [0.2, 0.25) is 0 Å². The van der Waals surface area contributed by atoms with Crippen LogP contribution in [0, 0.1) is 0 Å². The van der Waals surface area contributed by atoms with Crippen LogP contribution in [-0.4, -0.2) is 59.4 Å². The van der Waals surface area contributed by atoms with Crippen molar-refractivity contribution in [2.75, 3.05) is 37.6 Å². The number of benzene rings is 1. The molecule has 0 saturated carbocycles. The third-order valence-corrected chi connectivity index (χ3v) is 4.76. The van der Waals surface area contributed by atoms with Crippen molar-refractivity contribution < 1.29 is 4.79 Å². The number of aromatic nitrogens is 3. The molecule has 0 bridgehead atoms. The molecule has 9 heteroatoms. The van der Waals surface area contributed by atoms with E-state index in [9.17, 15) is 4.79 Å². The van der Waals surface area contributed by atoms with Gasteiger partial charge in [-0.05, 0) is 24.6 Å². The highest BCUT2D eigenvalue weighted by Gasteiger charge is 2.16. The largest absolute Gasteiger partial charge is 0.360 e. The summed E-state index contributed by atoms with van der Waals surface area (Å²) in [6, 6.07) is 8.25. The maximum Gasteiger partial charge on any atom is 0.239 e. The molecule has 29 heavy (non-hydrogen) atoms. The molecule has 9 nitrogen and oxygen atoms in total. The van der Waals surface area contributed by atoms with E-state index in [4.69, 9.17) is 0 Å². The van der Waals surface area contributed by atoms with E-state index in [0.29, 0.717) is 19.6 Å². The van der Waals surface area contributed by atoms with Gasteiger partial charge >= 0.3 is 0 Å². The van der Waals surface area contributed by atoms with Crippen molar-refractivity contribution in [2.45, 2.75) is 33.4 Å². The first-order valence-corrected chi connectivity index (χ1v) is 10.2. The Hall–Kier alpha value is -3.10. The van der Waals surface area contributed by atoms with Crippen LogP contribution in [0.1, 0.15) is 25.2 Å². The average Bonchev–Trinajstić information content (AvgIpc) is 3.20. The van der Waals surface area contributed by atoms with Crippen molar-refractivity contribution in [3.05, 3.63) is 42.0 Å². The minimum Gasteiger partial charge on any atom is -0.360 e. The van der Waals surface area contributed by atoms with E-state index < -0.39 is 0 Å². The number of anilines is 1. The van der Waals surface area contributed by atoms with Gasteiger partial charge in [0, 0.05) is 44.8 Å². The predicted molar refractivity (Wildman–Crippen MR) is 114 cm³/mol. The normalized spacial score (nSPS) is 14.6. The van der Waals surface area contributed by atoms with Gasteiger partial charge in [0.1, 0.15) is 12.2 Å². The number of carbonyl (C=O) groups excluding carboxylic acids is 1. The number of carbonyl (C=O) groups is 1. The molecule has 1 aromatic carbocycles. The Kier molecular flexibility index (Phi) is 7.43. The fourth-order valence-corrected chi connectivity index (χ4v) is 3.22. The van der Waals surface area contributed by atoms with Gasteiger partial charge in [-0.1, -0.05) is 19.1 Å². The first-order chi connectivity index (χ1) is 14.2. The molecule has 0 radical (unpaired) electrons. The summed E-state index contributed by atoms with van der Waals surface area (Å²) < 4.78 is 2.05. The molecular weight excluding hydrogens is 368 g/mol. The summed E-state index contributed by atoms with van der Waals surface area (Å²) in [5.41, 5.74) is 2.19. The van der Waals surface area contributed by atoms with E-state index in [-0.39, 0.29) is 5.91 Å². The maximum absolute atomic E-state index is 11.6. The first kappa shape index (κ1) is 20.6. The zero-order valence-electron chi connectivity index (χ0n) is 17.2. The van der Waals surface area contributed by atoms with Crippen molar-refractivity contribution in [1.82, 2.24) is 30.7 Å². The van der Waals surface area contributed by atoms with Crippen molar-refractivity contribution in [1.29, 1.82) is 0 Å². The molecule has 2 aromatic rings. The number of guanidine groups is 1. The van der Waals surface area contributed by atoms with Crippen LogP contribution < -0.4 is 20.9 Å². The molecule has 1 aromatic heterocycles. The zero-order valence-corrected chi connectivity index (χ0v) is 17.2. The van der Waals surface area contributed by atoms with Crippen LogP contribution in [0.25, 0.3) is 0 Å². The highest BCUT2D eigenvalue weighted by atomic mass is 16.2. The molecule has 0 spiro atoms. The summed E-state index contributed by atoms with van der Waals surface area (Å²) >= 11 is 0. The van der Waals surface area contributed by atoms with Crippen LogP contribution in [0.4, 0.5) is 5.69 Å². The van der Waals surface area contributed by atoms with Gasteiger partial charge in [-0.25, -0.2) is 4.99 Å². The standard InChI is InChI=1S/C20H30N8O/c1-3-18-26-25-15-28(18)12-10-23-20(21-4-2)24-13-16-5-7-17(8-6-16)27-11-9-22-19(29)14-27/h5-8,15H,3-4,9-14H2,1-2H3,(H,22,29)(H2,21,23,24). The Bertz CT molecular complexity index is 814. The number of aliphatic imine (C=N–C) groups is 1. The number of piperazine rings is 1. The molecule has 0 aliphatic carbocycles. The third kappa shape index (κ3) is 5.94. The topological polar surface area (TPSA) is 99.5 Å². The second kappa shape index (κ2) is 10.4. The van der Waals surface area contributed by atoms with Gasteiger partial charge in [0.15, 0.2) is 5.96 Å². The lowest BCUT2D eigenvalue weighted by atomic mass is 10.2. The summed E-state index contributed by atoms with van der Waals surface area (Å²) in [5.74, 6) is 1.85. The predicted octanol–water partition coefficient (Wildman–Crippen LogP) is 0.532. The van der Waals surface area contributed by atoms with Crippen LogP contribution >= 0.6 is 0 Å². The van der Waals surface area contributed by atoms with E-state index >= 15 is 0 Å². The molecule has 0 unspecified atom stereocenters. The van der Waals surface area contributed by atoms with Gasteiger partial charge < -0.3 is 25.4 Å². The van der Waals surface area contributed by atoms with Crippen LogP contribution in [0.5, 0.6) is 0 Å². The lowest BCUT2D eigenvalue weighted by Crippen LogP contribution is -2.47. The first-order valence-electron chi connectivity index (χ1n) is 10.2. The monoisotopic (exact) mass is 398 g/mol. The minimum atomic E-state index is 0.0730. The summed E-state index contributed by atoms with van der Waals surface area (Å²) in [4.78, 5) is 18.3. The number of hydrogen-bond donors (Lipinski definition) is 3. The Morgan fingerprint density at radius 3 is 2.79 bits per heavy atom. The lowest BCUT2D eigenvalue weighted by molar-refractivity contribution is -0.120. The summed E-state index contributed by atoms with van der Waals surface area (Å²) in [7, 11) is 0. The highest BCUT2D eigenvalue weighted by molar-refractivity contribution is 5.82. The SMILES string of the molecule is CCNC(=NCc1ccc(N2CCNC(=O)C2)cc1)NCCn1cnnc1CC. The van der Waals surface area contributed by atoms with Gasteiger partial charge in [0.2, 0.25) is 5.91 Å². The maximum atomic E-state index is 11.6.